The number of rotatable bonds is 6. The number of hydrogen-bond acceptors (Lipinski definition) is 4. The number of ether oxygens (including phenoxy) is 1. The molecule has 1 rings (SSSR count). The zero-order valence-electron chi connectivity index (χ0n) is 11.3. The monoisotopic (exact) mass is 318 g/mol. The largest absolute Gasteiger partial charge is 0.465 e. The molecule has 0 spiro atoms. The van der Waals surface area contributed by atoms with Crippen LogP contribution in [0.5, 0.6) is 0 Å². The van der Waals surface area contributed by atoms with E-state index in [0.29, 0.717) is 17.3 Å². The molecule has 0 saturated carbocycles. The summed E-state index contributed by atoms with van der Waals surface area (Å²) < 4.78 is 4.80. The van der Waals surface area contributed by atoms with Crippen molar-refractivity contribution >= 4 is 40.8 Å². The van der Waals surface area contributed by atoms with Crippen molar-refractivity contribution in [1.29, 1.82) is 0 Å². The second kappa shape index (κ2) is 8.09. The van der Waals surface area contributed by atoms with Crippen LogP contribution in [0, 0.1) is 0 Å². The first-order valence-electron chi connectivity index (χ1n) is 6.02. The van der Waals surface area contributed by atoms with Crippen molar-refractivity contribution < 1.29 is 14.3 Å². The highest BCUT2D eigenvalue weighted by Crippen LogP contribution is 2.29. The number of likely N-dealkylation sites (N-methyl/N-ethyl adjacent to an activating group) is 1. The molecule has 1 aromatic rings. The maximum Gasteiger partial charge on any atom is 0.320 e. The van der Waals surface area contributed by atoms with Crippen LogP contribution >= 0.6 is 23.2 Å². The third-order valence-electron chi connectivity index (χ3n) is 2.34. The second-order valence-corrected chi connectivity index (χ2v) is 4.91. The lowest BCUT2D eigenvalue weighted by Gasteiger charge is -2.15. The molecule has 0 unspecified atom stereocenters. The van der Waals surface area contributed by atoms with Crippen molar-refractivity contribution in [3.63, 3.8) is 0 Å². The summed E-state index contributed by atoms with van der Waals surface area (Å²) in [6.07, 6.45) is 0. The Kier molecular flexibility index (Phi) is 6.78. The molecular formula is C13H16Cl2N2O3. The molecule has 0 heterocycles. The van der Waals surface area contributed by atoms with E-state index < -0.39 is 0 Å². The van der Waals surface area contributed by atoms with E-state index >= 15 is 0 Å². The van der Waals surface area contributed by atoms with E-state index in [4.69, 9.17) is 27.9 Å². The Balaban J connectivity index is 2.51. The van der Waals surface area contributed by atoms with Gasteiger partial charge in [0.1, 0.15) is 0 Å². The van der Waals surface area contributed by atoms with Crippen molar-refractivity contribution in [2.75, 3.05) is 32.1 Å². The van der Waals surface area contributed by atoms with E-state index in [0.717, 1.165) is 0 Å². The number of anilines is 1. The topological polar surface area (TPSA) is 58.6 Å². The fraction of sp³-hybridized carbons (Fsp3) is 0.385. The summed E-state index contributed by atoms with van der Waals surface area (Å²) in [5, 5.41) is 3.29. The molecule has 0 aliphatic heterocycles. The van der Waals surface area contributed by atoms with Crippen molar-refractivity contribution in [2.24, 2.45) is 0 Å². The number of carbonyl (C=O) groups is 2. The molecule has 0 fully saturated rings. The number of nitrogens with zero attached hydrogens (tertiary/aromatic N) is 1. The van der Waals surface area contributed by atoms with Gasteiger partial charge in [0.15, 0.2) is 0 Å². The summed E-state index contributed by atoms with van der Waals surface area (Å²) in [6, 6.07) is 4.97. The highest BCUT2D eigenvalue weighted by molar-refractivity contribution is 6.43. The van der Waals surface area contributed by atoms with E-state index in [-0.39, 0.29) is 30.0 Å². The SMILES string of the molecule is CCOC(=O)CN(C)CC(=O)Nc1cccc(Cl)c1Cl. The lowest BCUT2D eigenvalue weighted by atomic mass is 10.3. The molecule has 0 atom stereocenters. The molecule has 1 amide bonds. The van der Waals surface area contributed by atoms with Crippen molar-refractivity contribution in [3.05, 3.63) is 28.2 Å². The van der Waals surface area contributed by atoms with Gasteiger partial charge in [-0.05, 0) is 26.1 Å². The summed E-state index contributed by atoms with van der Waals surface area (Å²) in [5.74, 6) is -0.662. The second-order valence-electron chi connectivity index (χ2n) is 4.13. The van der Waals surface area contributed by atoms with Gasteiger partial charge in [-0.2, -0.15) is 0 Å². The first-order chi connectivity index (χ1) is 9.43. The summed E-state index contributed by atoms with van der Waals surface area (Å²) in [5.41, 5.74) is 0.439. The number of halogens is 2. The van der Waals surface area contributed by atoms with Gasteiger partial charge < -0.3 is 10.1 Å². The highest BCUT2D eigenvalue weighted by Gasteiger charge is 2.13. The Morgan fingerprint density at radius 3 is 2.65 bits per heavy atom. The standard InChI is InChI=1S/C13H16Cl2N2O3/c1-3-20-12(19)8-17(2)7-11(18)16-10-6-4-5-9(14)13(10)15/h4-6H,3,7-8H2,1-2H3,(H,16,18). The summed E-state index contributed by atoms with van der Waals surface area (Å²) in [7, 11) is 1.65. The molecule has 0 aromatic heterocycles. The van der Waals surface area contributed by atoms with Gasteiger partial charge in [-0.1, -0.05) is 29.3 Å². The minimum absolute atomic E-state index is 0.0433. The van der Waals surface area contributed by atoms with Crippen LogP contribution in [-0.4, -0.2) is 43.5 Å². The van der Waals surface area contributed by atoms with Gasteiger partial charge >= 0.3 is 5.97 Å². The van der Waals surface area contributed by atoms with Crippen LogP contribution < -0.4 is 5.32 Å². The number of hydrogen-bond donors (Lipinski definition) is 1. The van der Waals surface area contributed by atoms with Crippen molar-refractivity contribution in [2.45, 2.75) is 6.92 Å². The Hall–Kier alpha value is -1.30. The Labute approximate surface area is 127 Å². The highest BCUT2D eigenvalue weighted by atomic mass is 35.5. The molecule has 20 heavy (non-hydrogen) atoms. The average molecular weight is 319 g/mol. The maximum absolute atomic E-state index is 11.8. The Morgan fingerprint density at radius 1 is 1.30 bits per heavy atom. The zero-order chi connectivity index (χ0) is 15.1. The van der Waals surface area contributed by atoms with Gasteiger partial charge in [-0.3, -0.25) is 14.5 Å². The lowest BCUT2D eigenvalue weighted by molar-refractivity contribution is -0.144. The molecule has 110 valence electrons. The number of carbonyl (C=O) groups excluding carboxylic acids is 2. The van der Waals surface area contributed by atoms with Gasteiger partial charge in [0.2, 0.25) is 5.91 Å². The average Bonchev–Trinajstić information content (AvgIpc) is 2.34. The van der Waals surface area contributed by atoms with Crippen LogP contribution in [0.15, 0.2) is 18.2 Å². The molecule has 7 heteroatoms. The van der Waals surface area contributed by atoms with Crippen molar-refractivity contribution in [3.8, 4) is 0 Å². The third-order valence-corrected chi connectivity index (χ3v) is 3.16. The summed E-state index contributed by atoms with van der Waals surface area (Å²) in [6.45, 7) is 2.13. The minimum atomic E-state index is -0.372. The normalized spacial score (nSPS) is 10.4. The van der Waals surface area contributed by atoms with E-state index in [1.54, 1.807) is 37.1 Å². The molecule has 0 radical (unpaired) electrons. The van der Waals surface area contributed by atoms with Crippen LogP contribution in [-0.2, 0) is 14.3 Å². The fourth-order valence-electron chi connectivity index (χ4n) is 1.52. The maximum atomic E-state index is 11.8. The summed E-state index contributed by atoms with van der Waals surface area (Å²) in [4.78, 5) is 24.6. The van der Waals surface area contributed by atoms with Crippen molar-refractivity contribution in [1.82, 2.24) is 4.90 Å². The van der Waals surface area contributed by atoms with E-state index in [2.05, 4.69) is 5.32 Å². The minimum Gasteiger partial charge on any atom is -0.465 e. The van der Waals surface area contributed by atoms with Gasteiger partial charge in [0.05, 0.1) is 35.4 Å². The first-order valence-corrected chi connectivity index (χ1v) is 6.77. The number of benzene rings is 1. The number of esters is 1. The zero-order valence-corrected chi connectivity index (χ0v) is 12.8. The molecule has 0 aliphatic carbocycles. The molecule has 0 saturated heterocycles. The lowest BCUT2D eigenvalue weighted by Crippen LogP contribution is -2.34. The smallest absolute Gasteiger partial charge is 0.320 e. The van der Waals surface area contributed by atoms with E-state index in [9.17, 15) is 9.59 Å². The number of amides is 1. The molecule has 0 bridgehead atoms. The van der Waals surface area contributed by atoms with Gasteiger partial charge in [-0.25, -0.2) is 0 Å². The summed E-state index contributed by atoms with van der Waals surface area (Å²) >= 11 is 11.8. The van der Waals surface area contributed by atoms with E-state index in [1.165, 1.54) is 0 Å². The molecule has 1 N–H and O–H groups in total. The van der Waals surface area contributed by atoms with Crippen LogP contribution in [0.3, 0.4) is 0 Å². The predicted molar refractivity (Wildman–Crippen MR) is 79.2 cm³/mol. The van der Waals surface area contributed by atoms with Crippen LogP contribution in [0.1, 0.15) is 6.92 Å². The molecule has 1 aromatic carbocycles. The van der Waals surface area contributed by atoms with Gasteiger partial charge in [0.25, 0.3) is 0 Å². The fourth-order valence-corrected chi connectivity index (χ4v) is 1.87. The van der Waals surface area contributed by atoms with Gasteiger partial charge in [-0.15, -0.1) is 0 Å². The molecule has 5 nitrogen and oxygen atoms in total. The van der Waals surface area contributed by atoms with Crippen LogP contribution in [0.25, 0.3) is 0 Å². The third kappa shape index (κ3) is 5.36. The van der Waals surface area contributed by atoms with E-state index in [1.807, 2.05) is 0 Å². The Bertz CT molecular complexity index is 495. The number of nitrogens with one attached hydrogen (secondary N) is 1. The predicted octanol–water partition coefficient (Wildman–Crippen LogP) is 2.43. The van der Waals surface area contributed by atoms with Gasteiger partial charge in [0, 0.05) is 0 Å². The van der Waals surface area contributed by atoms with Crippen LogP contribution in [0.2, 0.25) is 10.0 Å². The molecular weight excluding hydrogens is 303 g/mol. The van der Waals surface area contributed by atoms with Crippen LogP contribution in [0.4, 0.5) is 5.69 Å². The molecule has 0 aliphatic rings. The Morgan fingerprint density at radius 2 is 2.00 bits per heavy atom. The first kappa shape index (κ1) is 16.8. The quantitative estimate of drug-likeness (QED) is 0.818.